The summed E-state index contributed by atoms with van der Waals surface area (Å²) in [6, 6.07) is 4.83. The lowest BCUT2D eigenvalue weighted by Gasteiger charge is -2.21. The molecule has 1 aromatic carbocycles. The fourth-order valence-corrected chi connectivity index (χ4v) is 2.23. The van der Waals surface area contributed by atoms with E-state index in [1.165, 1.54) is 32.3 Å². The third-order valence-corrected chi connectivity index (χ3v) is 3.76. The molecular formula is C16H18FN3O3. The van der Waals surface area contributed by atoms with E-state index >= 15 is 0 Å². The van der Waals surface area contributed by atoms with Gasteiger partial charge in [-0.3, -0.25) is 4.79 Å². The maximum absolute atomic E-state index is 13.0. The number of hydrogen-bond acceptors (Lipinski definition) is 3. The van der Waals surface area contributed by atoms with E-state index in [1.807, 2.05) is 6.92 Å². The summed E-state index contributed by atoms with van der Waals surface area (Å²) >= 11 is 0. The van der Waals surface area contributed by atoms with Crippen molar-refractivity contribution in [3.63, 3.8) is 0 Å². The Kier molecular flexibility index (Phi) is 4.78. The van der Waals surface area contributed by atoms with E-state index in [-0.39, 0.29) is 5.82 Å². The first-order valence-electron chi connectivity index (χ1n) is 7.19. The number of carboxylic acid groups (broad SMARTS) is 1. The minimum atomic E-state index is -1.08. The Balaban J connectivity index is 2.40. The standard InChI is InChI=1S/C16H18FN3O3/c1-4-14-13(15(21)19(3)10(2)16(22)23)9-18-20(14)12-7-5-11(17)6-8-12/h5-10H,4H2,1-3H3,(H,22,23). The zero-order valence-corrected chi connectivity index (χ0v) is 13.2. The molecule has 1 N–H and O–H groups in total. The fraction of sp³-hybridized carbons (Fsp3) is 0.312. The van der Waals surface area contributed by atoms with Gasteiger partial charge in [-0.05, 0) is 37.6 Å². The fourth-order valence-electron chi connectivity index (χ4n) is 2.23. The summed E-state index contributed by atoms with van der Waals surface area (Å²) in [7, 11) is 1.44. The van der Waals surface area contributed by atoms with Crippen molar-refractivity contribution in [1.82, 2.24) is 14.7 Å². The average Bonchev–Trinajstić information content (AvgIpc) is 2.97. The molecule has 0 aliphatic heterocycles. The van der Waals surface area contributed by atoms with Crippen LogP contribution in [0.4, 0.5) is 4.39 Å². The number of rotatable bonds is 5. The minimum absolute atomic E-state index is 0.340. The van der Waals surface area contributed by atoms with Gasteiger partial charge in [-0.25, -0.2) is 13.9 Å². The lowest BCUT2D eigenvalue weighted by atomic mass is 10.1. The van der Waals surface area contributed by atoms with Gasteiger partial charge in [0.1, 0.15) is 11.9 Å². The number of carboxylic acids is 1. The molecule has 1 heterocycles. The number of nitrogens with zero attached hydrogens (tertiary/aromatic N) is 3. The lowest BCUT2D eigenvalue weighted by molar-refractivity contribution is -0.141. The van der Waals surface area contributed by atoms with Crippen LogP contribution in [-0.4, -0.2) is 44.8 Å². The number of likely N-dealkylation sites (N-methyl/N-ethyl adjacent to an activating group) is 1. The van der Waals surface area contributed by atoms with Gasteiger partial charge in [0.25, 0.3) is 5.91 Å². The van der Waals surface area contributed by atoms with Crippen molar-refractivity contribution in [2.45, 2.75) is 26.3 Å². The number of benzene rings is 1. The van der Waals surface area contributed by atoms with Crippen molar-refractivity contribution in [1.29, 1.82) is 0 Å². The van der Waals surface area contributed by atoms with E-state index in [0.717, 1.165) is 4.90 Å². The maximum atomic E-state index is 13.0. The van der Waals surface area contributed by atoms with Crippen molar-refractivity contribution >= 4 is 11.9 Å². The van der Waals surface area contributed by atoms with E-state index in [9.17, 15) is 14.0 Å². The average molecular weight is 319 g/mol. The van der Waals surface area contributed by atoms with Crippen molar-refractivity contribution in [3.05, 3.63) is 47.5 Å². The molecule has 0 aliphatic rings. The predicted molar refractivity (Wildman–Crippen MR) is 82.1 cm³/mol. The molecule has 0 bridgehead atoms. The molecule has 0 saturated heterocycles. The summed E-state index contributed by atoms with van der Waals surface area (Å²) in [5.74, 6) is -1.85. The Morgan fingerprint density at radius 1 is 1.35 bits per heavy atom. The number of amides is 1. The molecule has 1 atom stereocenters. The van der Waals surface area contributed by atoms with Gasteiger partial charge in [0.15, 0.2) is 0 Å². The second kappa shape index (κ2) is 6.60. The van der Waals surface area contributed by atoms with Gasteiger partial charge in [-0.15, -0.1) is 0 Å². The Bertz CT molecular complexity index is 725. The molecule has 0 spiro atoms. The van der Waals surface area contributed by atoms with Crippen LogP contribution in [0.15, 0.2) is 30.5 Å². The number of halogens is 1. The van der Waals surface area contributed by atoms with E-state index in [1.54, 1.807) is 16.8 Å². The van der Waals surface area contributed by atoms with Crippen LogP contribution in [0.25, 0.3) is 5.69 Å². The second-order valence-electron chi connectivity index (χ2n) is 5.18. The molecule has 2 aromatic rings. The summed E-state index contributed by atoms with van der Waals surface area (Å²) in [5, 5.41) is 13.2. The third kappa shape index (κ3) is 3.23. The van der Waals surface area contributed by atoms with Gasteiger partial charge >= 0.3 is 5.97 Å². The van der Waals surface area contributed by atoms with Crippen LogP contribution in [0.1, 0.15) is 29.9 Å². The zero-order valence-electron chi connectivity index (χ0n) is 13.2. The van der Waals surface area contributed by atoms with Crippen LogP contribution in [0.2, 0.25) is 0 Å². The number of carbonyl (C=O) groups excluding carboxylic acids is 1. The molecule has 7 heteroatoms. The molecule has 0 aliphatic carbocycles. The van der Waals surface area contributed by atoms with Crippen molar-refractivity contribution in [3.8, 4) is 5.69 Å². The second-order valence-corrected chi connectivity index (χ2v) is 5.18. The van der Waals surface area contributed by atoms with E-state index < -0.39 is 17.9 Å². The summed E-state index contributed by atoms with van der Waals surface area (Å²) < 4.78 is 14.6. The van der Waals surface area contributed by atoms with E-state index in [4.69, 9.17) is 5.11 Å². The molecule has 0 radical (unpaired) electrons. The number of aromatic nitrogens is 2. The quantitative estimate of drug-likeness (QED) is 0.916. The molecule has 1 aromatic heterocycles. The highest BCUT2D eigenvalue weighted by molar-refractivity contribution is 5.97. The van der Waals surface area contributed by atoms with Crippen LogP contribution in [0.3, 0.4) is 0 Å². The summed E-state index contributed by atoms with van der Waals surface area (Å²) in [5.41, 5.74) is 1.62. The summed E-state index contributed by atoms with van der Waals surface area (Å²) in [6.45, 7) is 3.31. The van der Waals surface area contributed by atoms with Crippen LogP contribution >= 0.6 is 0 Å². The molecule has 0 saturated carbocycles. The smallest absolute Gasteiger partial charge is 0.326 e. The normalized spacial score (nSPS) is 12.0. The highest BCUT2D eigenvalue weighted by atomic mass is 19.1. The molecule has 6 nitrogen and oxygen atoms in total. The van der Waals surface area contributed by atoms with E-state index in [2.05, 4.69) is 5.10 Å². The predicted octanol–water partition coefficient (Wildman–Crippen LogP) is 2.12. The SMILES string of the molecule is CCc1c(C(=O)N(C)C(C)C(=O)O)cnn1-c1ccc(F)cc1. The van der Waals surface area contributed by atoms with Gasteiger partial charge in [-0.2, -0.15) is 5.10 Å². The lowest BCUT2D eigenvalue weighted by Crippen LogP contribution is -2.40. The molecule has 0 fully saturated rings. The third-order valence-electron chi connectivity index (χ3n) is 3.76. The Labute approximate surface area is 133 Å². The molecule has 1 unspecified atom stereocenters. The first-order valence-corrected chi connectivity index (χ1v) is 7.19. The van der Waals surface area contributed by atoms with E-state index in [0.29, 0.717) is 23.4 Å². The van der Waals surface area contributed by atoms with Crippen molar-refractivity contribution in [2.75, 3.05) is 7.05 Å². The minimum Gasteiger partial charge on any atom is -0.480 e. The molecular weight excluding hydrogens is 301 g/mol. The monoisotopic (exact) mass is 319 g/mol. The first-order chi connectivity index (χ1) is 10.9. The van der Waals surface area contributed by atoms with Crippen LogP contribution in [0.5, 0.6) is 0 Å². The zero-order chi connectivity index (χ0) is 17.1. The highest BCUT2D eigenvalue weighted by Gasteiger charge is 2.26. The molecule has 23 heavy (non-hydrogen) atoms. The Morgan fingerprint density at radius 2 is 1.96 bits per heavy atom. The number of hydrogen-bond donors (Lipinski definition) is 1. The van der Waals surface area contributed by atoms with Crippen LogP contribution in [0, 0.1) is 5.82 Å². The van der Waals surface area contributed by atoms with Crippen LogP contribution < -0.4 is 0 Å². The van der Waals surface area contributed by atoms with Crippen molar-refractivity contribution < 1.29 is 19.1 Å². The maximum Gasteiger partial charge on any atom is 0.326 e. The summed E-state index contributed by atoms with van der Waals surface area (Å²) in [6.07, 6.45) is 1.93. The molecule has 2 rings (SSSR count). The van der Waals surface area contributed by atoms with Gasteiger partial charge in [-0.1, -0.05) is 6.92 Å². The van der Waals surface area contributed by atoms with Gasteiger partial charge in [0.2, 0.25) is 0 Å². The first kappa shape index (κ1) is 16.7. The van der Waals surface area contributed by atoms with Crippen molar-refractivity contribution in [2.24, 2.45) is 0 Å². The largest absolute Gasteiger partial charge is 0.480 e. The van der Waals surface area contributed by atoms with Crippen LogP contribution in [-0.2, 0) is 11.2 Å². The highest BCUT2D eigenvalue weighted by Crippen LogP contribution is 2.18. The van der Waals surface area contributed by atoms with Gasteiger partial charge in [0, 0.05) is 7.05 Å². The van der Waals surface area contributed by atoms with Gasteiger partial charge < -0.3 is 10.0 Å². The summed E-state index contributed by atoms with van der Waals surface area (Å²) in [4.78, 5) is 24.7. The topological polar surface area (TPSA) is 75.4 Å². The Hall–Kier alpha value is -2.70. The Morgan fingerprint density at radius 3 is 2.48 bits per heavy atom. The molecule has 1 amide bonds. The molecule has 122 valence electrons. The number of carbonyl (C=O) groups is 2. The van der Waals surface area contributed by atoms with Gasteiger partial charge in [0.05, 0.1) is 23.1 Å². The number of aliphatic carboxylic acids is 1.